The van der Waals surface area contributed by atoms with Gasteiger partial charge in [-0.15, -0.1) is 0 Å². The molecular weight excluding hydrogens is 459 g/mol. The lowest BCUT2D eigenvalue weighted by molar-refractivity contribution is -0.125. The third kappa shape index (κ3) is 6.41. The average molecular weight is 501 g/mol. The van der Waals surface area contributed by atoms with Gasteiger partial charge in [0, 0.05) is 18.3 Å². The number of fused-ring (bicyclic) bond motifs is 3. The van der Waals surface area contributed by atoms with Crippen molar-refractivity contribution in [2.45, 2.75) is 77.6 Å². The summed E-state index contributed by atoms with van der Waals surface area (Å²) in [6.45, 7) is 7.76. The van der Waals surface area contributed by atoms with E-state index in [1.165, 1.54) is 0 Å². The summed E-state index contributed by atoms with van der Waals surface area (Å²) in [6.07, 6.45) is 8.72. The van der Waals surface area contributed by atoms with Crippen molar-refractivity contribution in [2.75, 3.05) is 25.9 Å². The van der Waals surface area contributed by atoms with Crippen molar-refractivity contribution >= 4 is 13.5 Å². The largest absolute Gasteiger partial charge is 0.355 e. The summed E-state index contributed by atoms with van der Waals surface area (Å²) in [5.41, 5.74) is 3.06. The number of benzene rings is 1. The molecule has 6 nitrogen and oxygen atoms in total. The van der Waals surface area contributed by atoms with Crippen LogP contribution in [-0.4, -0.2) is 36.8 Å². The number of pyridine rings is 1. The van der Waals surface area contributed by atoms with Crippen molar-refractivity contribution in [3.05, 3.63) is 53.7 Å². The fourth-order valence-electron chi connectivity index (χ4n) is 4.75. The second-order valence-electron chi connectivity index (χ2n) is 9.27. The van der Waals surface area contributed by atoms with Gasteiger partial charge in [0.05, 0.1) is 25.1 Å². The van der Waals surface area contributed by atoms with Gasteiger partial charge in [-0.05, 0) is 49.3 Å². The van der Waals surface area contributed by atoms with Gasteiger partial charge in [0.25, 0.3) is 0 Å². The van der Waals surface area contributed by atoms with E-state index in [1.807, 2.05) is 30.3 Å². The summed E-state index contributed by atoms with van der Waals surface area (Å²) in [4.78, 5) is 18.4. The minimum atomic E-state index is -3.15. The van der Waals surface area contributed by atoms with Crippen molar-refractivity contribution in [2.24, 2.45) is 0 Å². The van der Waals surface area contributed by atoms with Crippen LogP contribution in [-0.2, 0) is 23.8 Å². The van der Waals surface area contributed by atoms with Gasteiger partial charge in [0.2, 0.25) is 5.91 Å². The number of amides is 1. The van der Waals surface area contributed by atoms with Crippen LogP contribution in [0.1, 0.15) is 83.3 Å². The van der Waals surface area contributed by atoms with Crippen LogP contribution >= 0.6 is 7.60 Å². The van der Waals surface area contributed by atoms with Crippen molar-refractivity contribution in [3.8, 4) is 11.3 Å². The number of nitrogens with zero attached hydrogens (tertiary/aromatic N) is 1. The Kier molecular flexibility index (Phi) is 10.5. The third-order valence-electron chi connectivity index (χ3n) is 6.64. The van der Waals surface area contributed by atoms with Gasteiger partial charge >= 0.3 is 7.60 Å². The molecule has 1 amide bonds. The summed E-state index contributed by atoms with van der Waals surface area (Å²) in [5.74, 6) is 0.0140. The van der Waals surface area contributed by atoms with Gasteiger partial charge in [-0.2, -0.15) is 0 Å². The number of carbonyl (C=O) groups excluding carboxylic acids is 1. The highest BCUT2D eigenvalue weighted by Gasteiger charge is 2.49. The van der Waals surface area contributed by atoms with Crippen LogP contribution in [0.4, 0.5) is 0 Å². The third-order valence-corrected chi connectivity index (χ3v) is 8.65. The molecule has 0 saturated carbocycles. The summed E-state index contributed by atoms with van der Waals surface area (Å²) < 4.78 is 24.9. The quantitative estimate of drug-likeness (QED) is 0.201. The maximum Gasteiger partial charge on any atom is 0.330 e. The predicted octanol–water partition coefficient (Wildman–Crippen LogP) is 6.87. The number of hydrogen-bond acceptors (Lipinski definition) is 5. The first-order chi connectivity index (χ1) is 17.0. The Morgan fingerprint density at radius 2 is 1.60 bits per heavy atom. The molecule has 0 aliphatic heterocycles. The van der Waals surface area contributed by atoms with Crippen LogP contribution in [0.5, 0.6) is 0 Å². The number of unbranched alkanes of at least 4 members (excludes halogenated alkanes) is 3. The fourth-order valence-corrected chi connectivity index (χ4v) is 6.50. The molecule has 0 fully saturated rings. The standard InChI is InChI=1S/C28H41N2O4P/c1-4-7-20-33-35(32,34-21-8-5-2)22-12-11-17-28(27(31)30-18-6-3)24-15-10-9-14-23(24)26-25(28)16-13-19-29-26/h9-10,13-16,19H,4-8,11-12,17-18,20-22H2,1-3H3,(H,30,31). The van der Waals surface area contributed by atoms with E-state index in [-0.39, 0.29) is 5.91 Å². The number of carbonyl (C=O) groups is 1. The minimum absolute atomic E-state index is 0.0140. The van der Waals surface area contributed by atoms with Gasteiger partial charge in [0.1, 0.15) is 5.41 Å². The van der Waals surface area contributed by atoms with Crippen LogP contribution in [0, 0.1) is 0 Å². The normalized spacial score (nSPS) is 16.7. The Labute approximate surface area is 210 Å². The molecule has 35 heavy (non-hydrogen) atoms. The predicted molar refractivity (Wildman–Crippen MR) is 142 cm³/mol. The van der Waals surface area contributed by atoms with Crippen LogP contribution in [0.2, 0.25) is 0 Å². The minimum Gasteiger partial charge on any atom is -0.355 e. The molecule has 1 unspecified atom stereocenters. The number of hydrogen-bond donors (Lipinski definition) is 1. The molecular formula is C28H41N2O4P. The maximum atomic E-state index is 13.7. The molecule has 1 heterocycles. The van der Waals surface area contributed by atoms with E-state index in [9.17, 15) is 9.36 Å². The SMILES string of the molecule is CCCCOP(=O)(CCCCC1(C(=O)NCCC)c2ccccc2-c2ncccc21)OCCCC. The fraction of sp³-hybridized carbons (Fsp3) is 0.571. The molecule has 1 aliphatic rings. The smallest absolute Gasteiger partial charge is 0.330 e. The second-order valence-corrected chi connectivity index (χ2v) is 11.5. The van der Waals surface area contributed by atoms with E-state index in [2.05, 4.69) is 37.1 Å². The highest BCUT2D eigenvalue weighted by atomic mass is 31.2. The lowest BCUT2D eigenvalue weighted by Gasteiger charge is -2.31. The van der Waals surface area contributed by atoms with E-state index in [0.717, 1.165) is 60.9 Å². The molecule has 7 heteroatoms. The zero-order valence-electron chi connectivity index (χ0n) is 21.6. The molecule has 0 bridgehead atoms. The first kappa shape index (κ1) is 27.6. The summed E-state index contributed by atoms with van der Waals surface area (Å²) in [7, 11) is -3.15. The molecule has 0 saturated heterocycles. The van der Waals surface area contributed by atoms with E-state index in [1.54, 1.807) is 6.20 Å². The Morgan fingerprint density at radius 1 is 0.914 bits per heavy atom. The van der Waals surface area contributed by atoms with Crippen molar-refractivity contribution in [1.29, 1.82) is 0 Å². The van der Waals surface area contributed by atoms with Gasteiger partial charge in [-0.1, -0.05) is 70.4 Å². The molecule has 0 radical (unpaired) electrons. The second kappa shape index (κ2) is 13.3. The van der Waals surface area contributed by atoms with Gasteiger partial charge < -0.3 is 14.4 Å². The molecule has 192 valence electrons. The molecule has 2 aromatic rings. The molecule has 3 rings (SSSR count). The molecule has 1 N–H and O–H groups in total. The lowest BCUT2D eigenvalue weighted by atomic mass is 9.73. The summed E-state index contributed by atoms with van der Waals surface area (Å²) >= 11 is 0. The number of nitrogens with one attached hydrogen (secondary N) is 1. The lowest BCUT2D eigenvalue weighted by Crippen LogP contribution is -2.44. The van der Waals surface area contributed by atoms with E-state index < -0.39 is 13.0 Å². The molecule has 1 atom stereocenters. The van der Waals surface area contributed by atoms with Gasteiger partial charge in [-0.25, -0.2) is 0 Å². The summed E-state index contributed by atoms with van der Waals surface area (Å²) in [5, 5.41) is 3.15. The molecule has 1 aromatic carbocycles. The first-order valence-corrected chi connectivity index (χ1v) is 15.0. The summed E-state index contributed by atoms with van der Waals surface area (Å²) in [6, 6.07) is 12.0. The van der Waals surface area contributed by atoms with E-state index >= 15 is 0 Å². The van der Waals surface area contributed by atoms with Crippen LogP contribution in [0.3, 0.4) is 0 Å². The molecule has 1 aliphatic carbocycles. The monoisotopic (exact) mass is 500 g/mol. The highest BCUT2D eigenvalue weighted by molar-refractivity contribution is 7.53. The Balaban J connectivity index is 1.80. The van der Waals surface area contributed by atoms with Crippen molar-refractivity contribution < 1.29 is 18.4 Å². The maximum absolute atomic E-state index is 13.7. The highest BCUT2D eigenvalue weighted by Crippen LogP contribution is 2.52. The van der Waals surface area contributed by atoms with Crippen LogP contribution < -0.4 is 5.32 Å². The van der Waals surface area contributed by atoms with Gasteiger partial charge in [-0.3, -0.25) is 14.3 Å². The first-order valence-electron chi connectivity index (χ1n) is 13.2. The van der Waals surface area contributed by atoms with Crippen molar-refractivity contribution in [1.82, 2.24) is 10.3 Å². The number of aromatic nitrogens is 1. The zero-order valence-corrected chi connectivity index (χ0v) is 22.4. The number of rotatable bonds is 16. The Hall–Kier alpha value is -2.01. The topological polar surface area (TPSA) is 77.5 Å². The molecule has 0 spiro atoms. The Morgan fingerprint density at radius 3 is 2.29 bits per heavy atom. The van der Waals surface area contributed by atoms with E-state index in [0.29, 0.717) is 38.8 Å². The average Bonchev–Trinajstić information content (AvgIpc) is 3.16. The molecule has 1 aromatic heterocycles. The van der Waals surface area contributed by atoms with E-state index in [4.69, 9.17) is 9.05 Å². The van der Waals surface area contributed by atoms with Gasteiger partial charge in [0.15, 0.2) is 0 Å². The zero-order chi connectivity index (χ0) is 25.2. The van der Waals surface area contributed by atoms with Crippen LogP contribution in [0.15, 0.2) is 42.6 Å². The van der Waals surface area contributed by atoms with Crippen LogP contribution in [0.25, 0.3) is 11.3 Å². The van der Waals surface area contributed by atoms with Crippen molar-refractivity contribution in [3.63, 3.8) is 0 Å². The Bertz CT molecular complexity index is 950.